The van der Waals surface area contributed by atoms with Gasteiger partial charge >= 0.3 is 5.97 Å². The number of aryl methyl sites for hydroxylation is 1. The summed E-state index contributed by atoms with van der Waals surface area (Å²) in [5.74, 6) is -0.178. The fourth-order valence-corrected chi connectivity index (χ4v) is 3.75. The number of hydrogen-bond donors (Lipinski definition) is 2. The van der Waals surface area contributed by atoms with Crippen LogP contribution in [0.25, 0.3) is 0 Å². The summed E-state index contributed by atoms with van der Waals surface area (Å²) in [6, 6.07) is 0.138. The number of ether oxygens (including phenoxy) is 1. The Morgan fingerprint density at radius 2 is 1.86 bits per heavy atom. The zero-order valence-corrected chi connectivity index (χ0v) is 17.7. The average molecular weight is 392 g/mol. The molecule has 2 N–H and O–H groups in total. The van der Waals surface area contributed by atoms with Crippen molar-refractivity contribution in [3.05, 3.63) is 22.5 Å². The van der Waals surface area contributed by atoms with Gasteiger partial charge in [0.25, 0.3) is 0 Å². The van der Waals surface area contributed by atoms with Crippen molar-refractivity contribution >= 4 is 17.8 Å². The normalized spacial score (nSPS) is 15.0. The Hall–Kier alpha value is -2.31. The lowest BCUT2D eigenvalue weighted by atomic mass is 9.95. The summed E-state index contributed by atoms with van der Waals surface area (Å²) in [6.07, 6.45) is 2.39. The molecule has 1 aliphatic heterocycles. The van der Waals surface area contributed by atoms with Crippen LogP contribution in [0.4, 0.5) is 0 Å². The SMILES string of the molecule is CCOC(=O)c1[nH]c(C)c(CCC(=O)N2CCC(C(=O)NC(C)C)CC2)c1C. The van der Waals surface area contributed by atoms with E-state index in [0.29, 0.717) is 51.1 Å². The van der Waals surface area contributed by atoms with E-state index in [4.69, 9.17) is 4.74 Å². The molecule has 156 valence electrons. The second-order valence-corrected chi connectivity index (χ2v) is 7.77. The number of carbonyl (C=O) groups excluding carboxylic acids is 3. The molecule has 0 unspecified atom stereocenters. The molecule has 0 atom stereocenters. The Kier molecular flexibility index (Phi) is 7.66. The molecule has 1 saturated heterocycles. The highest BCUT2D eigenvalue weighted by atomic mass is 16.5. The lowest BCUT2D eigenvalue weighted by Crippen LogP contribution is -2.44. The Morgan fingerprint density at radius 3 is 2.43 bits per heavy atom. The van der Waals surface area contributed by atoms with Gasteiger partial charge in [-0.3, -0.25) is 9.59 Å². The second-order valence-electron chi connectivity index (χ2n) is 7.77. The number of nitrogens with zero attached hydrogens (tertiary/aromatic N) is 1. The van der Waals surface area contributed by atoms with E-state index in [1.165, 1.54) is 0 Å². The van der Waals surface area contributed by atoms with E-state index in [-0.39, 0.29) is 29.7 Å². The number of rotatable bonds is 7. The van der Waals surface area contributed by atoms with Crippen LogP contribution in [-0.4, -0.2) is 53.4 Å². The number of H-pyrrole nitrogens is 1. The molecule has 1 aliphatic rings. The Bertz CT molecular complexity index is 715. The molecule has 7 nitrogen and oxygen atoms in total. The van der Waals surface area contributed by atoms with Crippen molar-refractivity contribution in [3.8, 4) is 0 Å². The van der Waals surface area contributed by atoms with Crippen LogP contribution in [0.2, 0.25) is 0 Å². The van der Waals surface area contributed by atoms with Crippen molar-refractivity contribution in [3.63, 3.8) is 0 Å². The fraction of sp³-hybridized carbons (Fsp3) is 0.667. The first-order valence-electron chi connectivity index (χ1n) is 10.2. The molecule has 0 saturated carbocycles. The number of likely N-dealkylation sites (tertiary alicyclic amines) is 1. The molecular formula is C21H33N3O4. The van der Waals surface area contributed by atoms with E-state index in [2.05, 4.69) is 10.3 Å². The van der Waals surface area contributed by atoms with Crippen molar-refractivity contribution in [1.82, 2.24) is 15.2 Å². The van der Waals surface area contributed by atoms with Gasteiger partial charge in [-0.25, -0.2) is 4.79 Å². The van der Waals surface area contributed by atoms with Crippen molar-refractivity contribution < 1.29 is 19.1 Å². The second kappa shape index (κ2) is 9.75. The van der Waals surface area contributed by atoms with Gasteiger partial charge < -0.3 is 19.9 Å². The molecule has 28 heavy (non-hydrogen) atoms. The van der Waals surface area contributed by atoms with Gasteiger partial charge in [-0.2, -0.15) is 0 Å². The molecule has 2 heterocycles. The highest BCUT2D eigenvalue weighted by Crippen LogP contribution is 2.22. The van der Waals surface area contributed by atoms with Crippen LogP contribution in [-0.2, 0) is 20.7 Å². The Morgan fingerprint density at radius 1 is 1.21 bits per heavy atom. The third-order valence-electron chi connectivity index (χ3n) is 5.31. The molecule has 2 amide bonds. The molecular weight excluding hydrogens is 358 g/mol. The van der Waals surface area contributed by atoms with Crippen molar-refractivity contribution in [2.24, 2.45) is 5.92 Å². The van der Waals surface area contributed by atoms with E-state index in [1.807, 2.05) is 32.6 Å². The number of amides is 2. The van der Waals surface area contributed by atoms with E-state index in [1.54, 1.807) is 6.92 Å². The predicted octanol–water partition coefficient (Wildman–Crippen LogP) is 2.50. The first kappa shape index (κ1) is 22.0. The molecule has 2 rings (SSSR count). The van der Waals surface area contributed by atoms with Crippen LogP contribution in [0, 0.1) is 19.8 Å². The summed E-state index contributed by atoms with van der Waals surface area (Å²) in [6.45, 7) is 11.0. The smallest absolute Gasteiger partial charge is 0.355 e. The molecule has 0 aliphatic carbocycles. The number of esters is 1. The lowest BCUT2D eigenvalue weighted by Gasteiger charge is -2.31. The van der Waals surface area contributed by atoms with Gasteiger partial charge in [0, 0.05) is 37.2 Å². The molecule has 1 aromatic rings. The third-order valence-corrected chi connectivity index (χ3v) is 5.31. The van der Waals surface area contributed by atoms with Crippen molar-refractivity contribution in [2.75, 3.05) is 19.7 Å². The minimum Gasteiger partial charge on any atom is -0.461 e. The van der Waals surface area contributed by atoms with Gasteiger partial charge in [-0.15, -0.1) is 0 Å². The lowest BCUT2D eigenvalue weighted by molar-refractivity contribution is -0.135. The quantitative estimate of drug-likeness (QED) is 0.699. The Balaban J connectivity index is 1.88. The maximum Gasteiger partial charge on any atom is 0.355 e. The average Bonchev–Trinajstić information content (AvgIpc) is 2.93. The highest BCUT2D eigenvalue weighted by Gasteiger charge is 2.27. The van der Waals surface area contributed by atoms with Gasteiger partial charge in [0.15, 0.2) is 0 Å². The van der Waals surface area contributed by atoms with E-state index in [0.717, 1.165) is 16.8 Å². The number of nitrogens with one attached hydrogen (secondary N) is 2. The summed E-state index contributed by atoms with van der Waals surface area (Å²) < 4.78 is 5.07. The summed E-state index contributed by atoms with van der Waals surface area (Å²) in [5.41, 5.74) is 3.23. The van der Waals surface area contributed by atoms with Crippen LogP contribution < -0.4 is 5.32 Å². The molecule has 1 fully saturated rings. The van der Waals surface area contributed by atoms with Crippen LogP contribution in [0.15, 0.2) is 0 Å². The number of aromatic nitrogens is 1. The highest BCUT2D eigenvalue weighted by molar-refractivity contribution is 5.90. The Labute approximate surface area is 167 Å². The van der Waals surface area contributed by atoms with E-state index in [9.17, 15) is 14.4 Å². The standard InChI is InChI=1S/C21H33N3O4/c1-6-28-21(27)19-14(4)17(15(5)23-19)7-8-18(25)24-11-9-16(10-12-24)20(26)22-13(2)3/h13,16,23H,6-12H2,1-5H3,(H,22,26). The number of carbonyl (C=O) groups is 3. The maximum atomic E-state index is 12.6. The van der Waals surface area contributed by atoms with Crippen LogP contribution in [0.1, 0.15) is 67.3 Å². The molecule has 0 radical (unpaired) electrons. The summed E-state index contributed by atoms with van der Waals surface area (Å²) in [4.78, 5) is 41.7. The molecule has 7 heteroatoms. The summed E-state index contributed by atoms with van der Waals surface area (Å²) in [7, 11) is 0. The third kappa shape index (κ3) is 5.36. The summed E-state index contributed by atoms with van der Waals surface area (Å²) in [5, 5.41) is 2.95. The van der Waals surface area contributed by atoms with Gasteiger partial charge in [-0.1, -0.05) is 0 Å². The molecule has 1 aromatic heterocycles. The maximum absolute atomic E-state index is 12.6. The zero-order chi connectivity index (χ0) is 20.8. The fourth-order valence-electron chi connectivity index (χ4n) is 3.75. The van der Waals surface area contributed by atoms with Crippen LogP contribution in [0.5, 0.6) is 0 Å². The summed E-state index contributed by atoms with van der Waals surface area (Å²) >= 11 is 0. The van der Waals surface area contributed by atoms with Gasteiger partial charge in [0.05, 0.1) is 6.61 Å². The number of hydrogen-bond acceptors (Lipinski definition) is 4. The molecule has 0 spiro atoms. The zero-order valence-electron chi connectivity index (χ0n) is 17.7. The topological polar surface area (TPSA) is 91.5 Å². The van der Waals surface area contributed by atoms with Gasteiger partial charge in [0.2, 0.25) is 11.8 Å². The van der Waals surface area contributed by atoms with E-state index < -0.39 is 0 Å². The predicted molar refractivity (Wildman–Crippen MR) is 107 cm³/mol. The minimum atomic E-state index is -0.359. The van der Waals surface area contributed by atoms with Crippen LogP contribution in [0.3, 0.4) is 0 Å². The largest absolute Gasteiger partial charge is 0.461 e. The van der Waals surface area contributed by atoms with E-state index >= 15 is 0 Å². The van der Waals surface area contributed by atoms with Crippen molar-refractivity contribution in [2.45, 2.75) is 66.3 Å². The van der Waals surface area contributed by atoms with Crippen LogP contribution >= 0.6 is 0 Å². The first-order valence-corrected chi connectivity index (χ1v) is 10.2. The van der Waals surface area contributed by atoms with Gasteiger partial charge in [-0.05, 0) is 65.0 Å². The number of aromatic amines is 1. The minimum absolute atomic E-state index is 0.00671. The number of piperidine rings is 1. The van der Waals surface area contributed by atoms with Crippen molar-refractivity contribution in [1.29, 1.82) is 0 Å². The first-order chi connectivity index (χ1) is 13.2. The molecule has 0 bridgehead atoms. The monoisotopic (exact) mass is 391 g/mol. The van der Waals surface area contributed by atoms with Gasteiger partial charge in [0.1, 0.15) is 5.69 Å². The molecule has 0 aromatic carbocycles.